The average Bonchev–Trinajstić information content (AvgIpc) is 3.02. The molecule has 0 bridgehead atoms. The molecule has 2 N–H and O–H groups in total. The lowest BCUT2D eigenvalue weighted by Gasteiger charge is -2.35. The van der Waals surface area contributed by atoms with Gasteiger partial charge in [0.2, 0.25) is 0 Å². The fourth-order valence-electron chi connectivity index (χ4n) is 5.10. The summed E-state index contributed by atoms with van der Waals surface area (Å²) in [4.78, 5) is 29.8. The molecule has 1 heterocycles. The Morgan fingerprint density at radius 1 is 0.476 bits per heavy atom. The van der Waals surface area contributed by atoms with Gasteiger partial charge in [-0.1, -0.05) is 84.9 Å². The summed E-state index contributed by atoms with van der Waals surface area (Å²) in [6.07, 6.45) is 0. The molecule has 8 heteroatoms. The molecule has 8 nitrogen and oxygen atoms in total. The van der Waals surface area contributed by atoms with Crippen LogP contribution < -0.4 is 0 Å². The van der Waals surface area contributed by atoms with Crippen LogP contribution >= 0.6 is 0 Å². The molecule has 5 rings (SSSR count). The molecule has 2 amide bonds. The number of carbonyl (C=O) groups excluding carboxylic acids is 2. The minimum absolute atomic E-state index is 0.0628. The molecule has 42 heavy (non-hydrogen) atoms. The van der Waals surface area contributed by atoms with E-state index < -0.39 is 0 Å². The molecule has 4 aromatic rings. The van der Waals surface area contributed by atoms with Gasteiger partial charge < -0.3 is 20.2 Å². The molecule has 0 unspecified atom stereocenters. The molecule has 1 saturated heterocycles. The van der Waals surface area contributed by atoms with Gasteiger partial charge in [0.15, 0.2) is 0 Å². The SMILES string of the molecule is O=C(c1ccc(CN(O)Cc2ccccc2)cc1)N1CCN(C(=O)c2ccc(CN(O)Cc3ccccc3)cc2)CC1. The van der Waals surface area contributed by atoms with E-state index in [0.717, 1.165) is 22.3 Å². The number of hydrogen-bond acceptors (Lipinski definition) is 6. The summed E-state index contributed by atoms with van der Waals surface area (Å²) >= 11 is 0. The van der Waals surface area contributed by atoms with Gasteiger partial charge >= 0.3 is 0 Å². The fraction of sp³-hybridized carbons (Fsp3) is 0.235. The van der Waals surface area contributed by atoms with Crippen LogP contribution in [0.2, 0.25) is 0 Å². The molecule has 216 valence electrons. The highest BCUT2D eigenvalue weighted by Gasteiger charge is 2.25. The van der Waals surface area contributed by atoms with Crippen molar-refractivity contribution < 1.29 is 20.0 Å². The molecule has 0 aliphatic carbocycles. The van der Waals surface area contributed by atoms with Gasteiger partial charge in [-0.05, 0) is 46.5 Å². The van der Waals surface area contributed by atoms with E-state index in [4.69, 9.17) is 0 Å². The first-order valence-corrected chi connectivity index (χ1v) is 14.2. The topological polar surface area (TPSA) is 87.6 Å². The third kappa shape index (κ3) is 7.90. The maximum atomic E-state index is 13.1. The van der Waals surface area contributed by atoms with E-state index in [2.05, 4.69) is 0 Å². The predicted octanol–water partition coefficient (Wildman–Crippen LogP) is 5.07. The zero-order chi connectivity index (χ0) is 29.3. The third-order valence-corrected chi connectivity index (χ3v) is 7.40. The van der Waals surface area contributed by atoms with Crippen LogP contribution in [-0.2, 0) is 26.2 Å². The summed E-state index contributed by atoms with van der Waals surface area (Å²) in [6, 6.07) is 34.1. The molecular weight excluding hydrogens is 528 g/mol. The second kappa shape index (κ2) is 14.0. The Balaban J connectivity index is 1.08. The number of amides is 2. The van der Waals surface area contributed by atoms with Crippen molar-refractivity contribution in [3.63, 3.8) is 0 Å². The predicted molar refractivity (Wildman–Crippen MR) is 160 cm³/mol. The minimum atomic E-state index is -0.0628. The highest BCUT2D eigenvalue weighted by atomic mass is 16.5. The van der Waals surface area contributed by atoms with Crippen molar-refractivity contribution in [3.8, 4) is 0 Å². The highest BCUT2D eigenvalue weighted by Crippen LogP contribution is 2.16. The summed E-state index contributed by atoms with van der Waals surface area (Å²) in [5.41, 5.74) is 5.05. The molecule has 0 atom stereocenters. The van der Waals surface area contributed by atoms with Crippen molar-refractivity contribution >= 4 is 11.8 Å². The number of rotatable bonds is 10. The van der Waals surface area contributed by atoms with E-state index in [-0.39, 0.29) is 11.8 Å². The summed E-state index contributed by atoms with van der Waals surface area (Å²) in [5, 5.41) is 23.1. The van der Waals surface area contributed by atoms with E-state index in [9.17, 15) is 20.0 Å². The van der Waals surface area contributed by atoms with Crippen molar-refractivity contribution in [3.05, 3.63) is 143 Å². The van der Waals surface area contributed by atoms with E-state index in [0.29, 0.717) is 63.5 Å². The van der Waals surface area contributed by atoms with Gasteiger partial charge in [0, 0.05) is 63.5 Å². The Bertz CT molecular complexity index is 1330. The van der Waals surface area contributed by atoms with Crippen LogP contribution in [-0.4, -0.2) is 68.3 Å². The highest BCUT2D eigenvalue weighted by molar-refractivity contribution is 5.96. The Morgan fingerprint density at radius 3 is 1.07 bits per heavy atom. The number of piperazine rings is 1. The Morgan fingerprint density at radius 2 is 0.762 bits per heavy atom. The van der Waals surface area contributed by atoms with Crippen molar-refractivity contribution in [2.45, 2.75) is 26.2 Å². The quantitative estimate of drug-likeness (QED) is 0.262. The smallest absolute Gasteiger partial charge is 0.253 e. The molecule has 1 aliphatic heterocycles. The van der Waals surface area contributed by atoms with Gasteiger partial charge in [0.25, 0.3) is 11.8 Å². The van der Waals surface area contributed by atoms with E-state index in [1.807, 2.05) is 84.9 Å². The van der Waals surface area contributed by atoms with Crippen LogP contribution in [0.1, 0.15) is 43.0 Å². The van der Waals surface area contributed by atoms with Crippen LogP contribution in [0.3, 0.4) is 0 Å². The van der Waals surface area contributed by atoms with E-state index >= 15 is 0 Å². The Labute approximate surface area is 246 Å². The molecule has 1 fully saturated rings. The zero-order valence-electron chi connectivity index (χ0n) is 23.5. The lowest BCUT2D eigenvalue weighted by atomic mass is 10.1. The number of carbonyl (C=O) groups is 2. The first-order valence-electron chi connectivity index (χ1n) is 14.2. The standard InChI is InChI=1S/C34H36N4O4/c39-33(31-15-11-29(12-16-31)25-37(41)23-27-7-3-1-4-8-27)35-19-21-36(22-20-35)34(40)32-17-13-30(14-18-32)26-38(42)24-28-9-5-2-6-10-28/h1-18,41-42H,19-26H2. The molecule has 0 radical (unpaired) electrons. The number of benzene rings is 4. The van der Waals surface area contributed by atoms with Gasteiger partial charge in [-0.15, -0.1) is 0 Å². The minimum Gasteiger partial charge on any atom is -0.335 e. The Kier molecular flexibility index (Phi) is 9.74. The molecule has 4 aromatic carbocycles. The first kappa shape index (κ1) is 29.2. The van der Waals surface area contributed by atoms with Crippen LogP contribution in [0.15, 0.2) is 109 Å². The van der Waals surface area contributed by atoms with Gasteiger partial charge in [0.05, 0.1) is 0 Å². The summed E-state index contributed by atoms with van der Waals surface area (Å²) in [5.74, 6) is -0.126. The lowest BCUT2D eigenvalue weighted by Crippen LogP contribution is -2.50. The fourth-order valence-corrected chi connectivity index (χ4v) is 5.10. The van der Waals surface area contributed by atoms with Crippen LogP contribution in [0.4, 0.5) is 0 Å². The number of nitrogens with zero attached hydrogens (tertiary/aromatic N) is 4. The lowest BCUT2D eigenvalue weighted by molar-refractivity contribution is -0.108. The van der Waals surface area contributed by atoms with Crippen LogP contribution in [0, 0.1) is 0 Å². The zero-order valence-corrected chi connectivity index (χ0v) is 23.5. The van der Waals surface area contributed by atoms with Gasteiger partial charge in [-0.25, -0.2) is 0 Å². The monoisotopic (exact) mass is 564 g/mol. The average molecular weight is 565 g/mol. The maximum absolute atomic E-state index is 13.1. The third-order valence-electron chi connectivity index (χ3n) is 7.40. The first-order chi connectivity index (χ1) is 20.4. The van der Waals surface area contributed by atoms with Gasteiger partial charge in [-0.3, -0.25) is 9.59 Å². The second-order valence-electron chi connectivity index (χ2n) is 10.6. The normalized spacial score (nSPS) is 13.5. The summed E-state index contributed by atoms with van der Waals surface area (Å²) in [6.45, 7) is 3.41. The van der Waals surface area contributed by atoms with Crippen molar-refractivity contribution in [1.29, 1.82) is 0 Å². The molecular formula is C34H36N4O4. The van der Waals surface area contributed by atoms with Crippen LogP contribution in [0.5, 0.6) is 0 Å². The Hall–Kier alpha value is -4.34. The molecule has 0 spiro atoms. The van der Waals surface area contributed by atoms with E-state index in [1.165, 1.54) is 10.1 Å². The van der Waals surface area contributed by atoms with Crippen molar-refractivity contribution in [1.82, 2.24) is 19.9 Å². The van der Waals surface area contributed by atoms with E-state index in [1.54, 1.807) is 34.1 Å². The van der Waals surface area contributed by atoms with Gasteiger partial charge in [0.1, 0.15) is 0 Å². The maximum Gasteiger partial charge on any atom is 0.253 e. The largest absolute Gasteiger partial charge is 0.335 e. The summed E-state index contributed by atoms with van der Waals surface area (Å²) < 4.78 is 0. The van der Waals surface area contributed by atoms with Crippen LogP contribution in [0.25, 0.3) is 0 Å². The summed E-state index contributed by atoms with van der Waals surface area (Å²) in [7, 11) is 0. The van der Waals surface area contributed by atoms with Gasteiger partial charge in [-0.2, -0.15) is 10.1 Å². The molecule has 0 saturated carbocycles. The second-order valence-corrected chi connectivity index (χ2v) is 10.6. The number of hydrogen-bond donors (Lipinski definition) is 2. The molecule has 0 aromatic heterocycles. The number of hydroxylamine groups is 4. The molecule has 1 aliphatic rings. The van der Waals surface area contributed by atoms with Crippen molar-refractivity contribution in [2.24, 2.45) is 0 Å². The van der Waals surface area contributed by atoms with Crippen molar-refractivity contribution in [2.75, 3.05) is 26.2 Å².